The largest absolute Gasteiger partial charge is 0.300 e. The molecule has 0 spiro atoms. The lowest BCUT2D eigenvalue weighted by molar-refractivity contribution is -0.115. The van der Waals surface area contributed by atoms with Gasteiger partial charge in [0.15, 0.2) is 5.17 Å². The van der Waals surface area contributed by atoms with Crippen LogP contribution in [-0.2, 0) is 4.79 Å². The van der Waals surface area contributed by atoms with Crippen LogP contribution in [0.3, 0.4) is 0 Å². The Labute approximate surface area is 157 Å². The van der Waals surface area contributed by atoms with E-state index in [1.54, 1.807) is 6.20 Å². The number of aromatic nitrogens is 2. The summed E-state index contributed by atoms with van der Waals surface area (Å²) in [4.78, 5) is 21.7. The average molecular weight is 413 g/mol. The van der Waals surface area contributed by atoms with Crippen molar-refractivity contribution >= 4 is 56.2 Å². The van der Waals surface area contributed by atoms with Crippen LogP contribution in [-0.4, -0.2) is 20.5 Å². The molecule has 0 unspecified atom stereocenters. The summed E-state index contributed by atoms with van der Waals surface area (Å²) in [6.45, 7) is 2.01. The minimum Gasteiger partial charge on any atom is -0.300 e. The third-order valence-electron chi connectivity index (χ3n) is 3.66. The summed E-state index contributed by atoms with van der Waals surface area (Å²) in [5, 5.41) is 3.39. The lowest BCUT2D eigenvalue weighted by atomic mass is 10.2. The number of amides is 1. The molecule has 7 heteroatoms. The van der Waals surface area contributed by atoms with Crippen LogP contribution in [0, 0.1) is 6.92 Å². The quantitative estimate of drug-likeness (QED) is 0.638. The van der Waals surface area contributed by atoms with Crippen LogP contribution in [0.15, 0.2) is 63.2 Å². The molecule has 1 amide bonds. The fraction of sp³-hybridized carbons (Fsp3) is 0.0556. The molecule has 1 saturated heterocycles. The number of carbonyl (C=O) groups is 1. The molecular weight excluding hydrogens is 400 g/mol. The summed E-state index contributed by atoms with van der Waals surface area (Å²) in [7, 11) is 0. The van der Waals surface area contributed by atoms with E-state index in [2.05, 4.69) is 31.2 Å². The highest BCUT2D eigenvalue weighted by molar-refractivity contribution is 9.10. The first-order valence-electron chi connectivity index (χ1n) is 7.57. The van der Waals surface area contributed by atoms with Crippen molar-refractivity contribution in [3.05, 3.63) is 69.4 Å². The molecule has 5 nitrogen and oxygen atoms in total. The second-order valence-corrected chi connectivity index (χ2v) is 7.53. The Morgan fingerprint density at radius 2 is 2.20 bits per heavy atom. The number of fused-ring (bicyclic) bond motifs is 1. The van der Waals surface area contributed by atoms with Gasteiger partial charge in [-0.05, 0) is 70.5 Å². The first kappa shape index (κ1) is 16.1. The van der Waals surface area contributed by atoms with Crippen molar-refractivity contribution in [2.45, 2.75) is 6.92 Å². The zero-order valence-electron chi connectivity index (χ0n) is 13.2. The summed E-state index contributed by atoms with van der Waals surface area (Å²) in [5.74, 6) is -0.152. The van der Waals surface area contributed by atoms with Crippen LogP contribution in [0.5, 0.6) is 0 Å². The molecule has 2 aromatic heterocycles. The molecule has 0 aliphatic carbocycles. The Hall–Kier alpha value is -2.38. The fourth-order valence-electron chi connectivity index (χ4n) is 2.51. The summed E-state index contributed by atoms with van der Waals surface area (Å²) in [5.41, 5.74) is 3.61. The van der Waals surface area contributed by atoms with Gasteiger partial charge in [-0.25, -0.2) is 9.98 Å². The number of amidine groups is 1. The molecule has 124 valence electrons. The summed E-state index contributed by atoms with van der Waals surface area (Å²) < 4.78 is 2.88. The van der Waals surface area contributed by atoms with E-state index in [-0.39, 0.29) is 5.91 Å². The molecule has 0 bridgehead atoms. The van der Waals surface area contributed by atoms with Gasteiger partial charge in [-0.1, -0.05) is 12.1 Å². The molecule has 3 heterocycles. The molecule has 1 N–H and O–H groups in total. The first-order chi connectivity index (χ1) is 12.1. The number of pyridine rings is 1. The second-order valence-electron chi connectivity index (χ2n) is 5.58. The van der Waals surface area contributed by atoms with E-state index in [9.17, 15) is 4.79 Å². The van der Waals surface area contributed by atoms with Crippen molar-refractivity contribution in [1.29, 1.82) is 0 Å². The van der Waals surface area contributed by atoms with Gasteiger partial charge in [-0.2, -0.15) is 0 Å². The zero-order chi connectivity index (χ0) is 17.4. The van der Waals surface area contributed by atoms with Gasteiger partial charge in [0.05, 0.1) is 22.5 Å². The number of nitrogens with one attached hydrogen (secondary N) is 1. The first-order valence-corrected chi connectivity index (χ1v) is 9.18. The smallest absolute Gasteiger partial charge is 0.264 e. The molecule has 0 saturated carbocycles. The normalized spacial score (nSPS) is 17.6. The van der Waals surface area contributed by atoms with Gasteiger partial charge in [0, 0.05) is 10.7 Å². The van der Waals surface area contributed by atoms with E-state index in [1.807, 2.05) is 60.0 Å². The molecule has 0 radical (unpaired) electrons. The number of thioether (sulfide) groups is 1. The van der Waals surface area contributed by atoms with E-state index in [0.717, 1.165) is 27.1 Å². The molecule has 1 aliphatic heterocycles. The monoisotopic (exact) mass is 412 g/mol. The third-order valence-corrected chi connectivity index (χ3v) is 5.04. The van der Waals surface area contributed by atoms with E-state index < -0.39 is 0 Å². The number of aryl methyl sites for hydroxylation is 1. The second kappa shape index (κ2) is 6.50. The number of imidazole rings is 1. The number of aliphatic imine (C=N–C) groups is 1. The van der Waals surface area contributed by atoms with E-state index in [0.29, 0.717) is 10.1 Å². The van der Waals surface area contributed by atoms with Crippen molar-refractivity contribution in [1.82, 2.24) is 14.7 Å². The number of hydrogen-bond donors (Lipinski definition) is 1. The standard InChI is InChI=1S/C18H13BrN4OS/c1-11-3-2-4-13(7-11)21-18-22-17(24)15(25-18)8-14-9-20-16-6-5-12(19)10-23(14)16/h2-10H,1H3,(H,21,22,24). The van der Waals surface area contributed by atoms with Gasteiger partial charge >= 0.3 is 0 Å². The van der Waals surface area contributed by atoms with Crippen LogP contribution in [0.1, 0.15) is 11.3 Å². The third kappa shape index (κ3) is 3.38. The number of halogens is 1. The Balaban J connectivity index is 1.66. The summed E-state index contributed by atoms with van der Waals surface area (Å²) >= 11 is 4.78. The summed E-state index contributed by atoms with van der Waals surface area (Å²) in [6.07, 6.45) is 5.50. The van der Waals surface area contributed by atoms with Crippen molar-refractivity contribution < 1.29 is 4.79 Å². The molecular formula is C18H13BrN4OS. The highest BCUT2D eigenvalue weighted by Crippen LogP contribution is 2.28. The van der Waals surface area contributed by atoms with Crippen molar-refractivity contribution in [2.75, 3.05) is 0 Å². The van der Waals surface area contributed by atoms with E-state index in [1.165, 1.54) is 11.8 Å². The van der Waals surface area contributed by atoms with Crippen LogP contribution in [0.4, 0.5) is 5.69 Å². The number of rotatable bonds is 2. The van der Waals surface area contributed by atoms with Gasteiger partial charge in [0.2, 0.25) is 0 Å². The average Bonchev–Trinajstić information content (AvgIpc) is 3.11. The van der Waals surface area contributed by atoms with Crippen LogP contribution in [0.2, 0.25) is 0 Å². The maximum absolute atomic E-state index is 12.3. The van der Waals surface area contributed by atoms with Crippen LogP contribution < -0.4 is 5.32 Å². The summed E-state index contributed by atoms with van der Waals surface area (Å²) in [6, 6.07) is 11.7. The maximum Gasteiger partial charge on any atom is 0.264 e. The SMILES string of the molecule is Cc1cccc(N=C2NC(=O)C(=Cc3cnc4ccc(Br)cn34)S2)c1. The molecule has 25 heavy (non-hydrogen) atoms. The van der Waals surface area contributed by atoms with Gasteiger partial charge in [-0.3, -0.25) is 9.20 Å². The Morgan fingerprint density at radius 3 is 3.04 bits per heavy atom. The molecule has 3 aromatic rings. The molecule has 4 rings (SSSR count). The molecule has 1 aromatic carbocycles. The predicted octanol–water partition coefficient (Wildman–Crippen LogP) is 4.30. The molecule has 1 fully saturated rings. The van der Waals surface area contributed by atoms with Gasteiger partial charge in [0.1, 0.15) is 5.65 Å². The van der Waals surface area contributed by atoms with Gasteiger partial charge in [0.25, 0.3) is 5.91 Å². The van der Waals surface area contributed by atoms with E-state index in [4.69, 9.17) is 0 Å². The number of hydrogen-bond acceptors (Lipinski definition) is 4. The number of carbonyl (C=O) groups excluding carboxylic acids is 1. The molecule has 0 atom stereocenters. The minimum absolute atomic E-state index is 0.152. The lowest BCUT2D eigenvalue weighted by Crippen LogP contribution is -2.19. The topological polar surface area (TPSA) is 58.8 Å². The van der Waals surface area contributed by atoms with Crippen LogP contribution in [0.25, 0.3) is 11.7 Å². The fourth-order valence-corrected chi connectivity index (χ4v) is 3.67. The predicted molar refractivity (Wildman–Crippen MR) is 105 cm³/mol. The van der Waals surface area contributed by atoms with Crippen molar-refractivity contribution in [3.63, 3.8) is 0 Å². The Bertz CT molecular complexity index is 1050. The number of benzene rings is 1. The lowest BCUT2D eigenvalue weighted by Gasteiger charge is -1.98. The van der Waals surface area contributed by atoms with Crippen LogP contribution >= 0.6 is 27.7 Å². The van der Waals surface area contributed by atoms with Crippen molar-refractivity contribution in [2.24, 2.45) is 4.99 Å². The van der Waals surface area contributed by atoms with E-state index >= 15 is 0 Å². The Morgan fingerprint density at radius 1 is 1.32 bits per heavy atom. The maximum atomic E-state index is 12.3. The number of nitrogens with zero attached hydrogens (tertiary/aromatic N) is 3. The highest BCUT2D eigenvalue weighted by Gasteiger charge is 2.24. The minimum atomic E-state index is -0.152. The highest BCUT2D eigenvalue weighted by atomic mass is 79.9. The zero-order valence-corrected chi connectivity index (χ0v) is 15.6. The van der Waals surface area contributed by atoms with Crippen molar-refractivity contribution in [3.8, 4) is 0 Å². The Kier molecular flexibility index (Phi) is 4.19. The molecule has 1 aliphatic rings. The van der Waals surface area contributed by atoms with Gasteiger partial charge < -0.3 is 5.32 Å². The van der Waals surface area contributed by atoms with Gasteiger partial charge in [-0.15, -0.1) is 0 Å².